The smallest absolute Gasteiger partial charge is 0.235 e. The number of nitrogens with zero attached hydrogens (tertiary/aromatic N) is 1. The van der Waals surface area contributed by atoms with E-state index in [1.807, 2.05) is 0 Å². The molecule has 0 aromatic heterocycles. The summed E-state index contributed by atoms with van der Waals surface area (Å²) in [7, 11) is 0. The number of hydrogen-bond donors (Lipinski definition) is 1. The molecule has 2 unspecified atom stereocenters. The van der Waals surface area contributed by atoms with Gasteiger partial charge < -0.3 is 5.11 Å². The molecule has 0 aromatic rings. The first kappa shape index (κ1) is 16.2. The number of isocyanates is 1. The Morgan fingerprint density at radius 3 is 2.17 bits per heavy atom. The first-order valence-corrected chi connectivity index (χ1v) is 5.31. The van der Waals surface area contributed by atoms with E-state index in [1.165, 1.54) is 26.9 Å². The third kappa shape index (κ3) is 3.87. The summed E-state index contributed by atoms with van der Waals surface area (Å²) in [5.41, 5.74) is -1.16. The van der Waals surface area contributed by atoms with Crippen molar-refractivity contribution in [2.24, 2.45) is 4.99 Å². The van der Waals surface area contributed by atoms with Gasteiger partial charge in [0, 0.05) is 6.42 Å². The van der Waals surface area contributed by atoms with E-state index in [9.17, 15) is 19.5 Å². The lowest BCUT2D eigenvalue weighted by atomic mass is 9.84. The van der Waals surface area contributed by atoms with E-state index in [0.29, 0.717) is 0 Å². The highest BCUT2D eigenvalue weighted by atomic mass is 16.3. The zero-order chi connectivity index (χ0) is 14.5. The fraction of sp³-hybridized carbons (Fsp3) is 0.462. The van der Waals surface area contributed by atoms with Gasteiger partial charge in [0.25, 0.3) is 0 Å². The van der Waals surface area contributed by atoms with Crippen molar-refractivity contribution in [2.75, 3.05) is 0 Å². The number of carbonyl (C=O) groups excluding carboxylic acids is 3. The Balaban J connectivity index is 5.33. The number of rotatable bonds is 7. The number of allylic oxidation sites excluding steroid dienone is 1. The highest BCUT2D eigenvalue weighted by Gasteiger charge is 2.40. The molecular weight excluding hydrogens is 234 g/mol. The fourth-order valence-electron chi connectivity index (χ4n) is 1.29. The van der Waals surface area contributed by atoms with Gasteiger partial charge in [-0.25, -0.2) is 4.79 Å². The molecule has 0 radical (unpaired) electrons. The van der Waals surface area contributed by atoms with Gasteiger partial charge in [-0.2, -0.15) is 4.99 Å². The first-order valence-electron chi connectivity index (χ1n) is 5.31. The molecule has 0 heterocycles. The first-order chi connectivity index (χ1) is 8.15. The highest BCUT2D eigenvalue weighted by molar-refractivity contribution is 6.00. The lowest BCUT2D eigenvalue weighted by molar-refractivity contribution is -0.127. The van der Waals surface area contributed by atoms with Gasteiger partial charge in [-0.15, -0.1) is 0 Å². The molecule has 2 atom stereocenters. The maximum absolute atomic E-state index is 11.6. The maximum Gasteiger partial charge on any atom is 0.235 e. The van der Waals surface area contributed by atoms with Gasteiger partial charge >= 0.3 is 0 Å². The van der Waals surface area contributed by atoms with Gasteiger partial charge in [0.05, 0.1) is 0 Å². The second-order valence-electron chi connectivity index (χ2n) is 4.49. The second kappa shape index (κ2) is 6.19. The van der Waals surface area contributed by atoms with Crippen LogP contribution in [0.25, 0.3) is 0 Å². The number of ketones is 2. The fourth-order valence-corrected chi connectivity index (χ4v) is 1.29. The van der Waals surface area contributed by atoms with E-state index in [-0.39, 0.29) is 23.4 Å². The summed E-state index contributed by atoms with van der Waals surface area (Å²) in [6, 6.07) is 0. The highest BCUT2D eigenvalue weighted by Crippen LogP contribution is 2.24. The number of carbonyl (C=O) groups is 2. The summed E-state index contributed by atoms with van der Waals surface area (Å²) < 4.78 is 0. The van der Waals surface area contributed by atoms with Crippen molar-refractivity contribution < 1.29 is 19.5 Å². The van der Waals surface area contributed by atoms with E-state index in [4.69, 9.17) is 0 Å². The third-order valence-corrected chi connectivity index (χ3v) is 2.55. The molecule has 0 fully saturated rings. The van der Waals surface area contributed by atoms with Gasteiger partial charge in [0.15, 0.2) is 11.6 Å². The van der Waals surface area contributed by atoms with Crippen LogP contribution in [0.15, 0.2) is 29.3 Å². The van der Waals surface area contributed by atoms with E-state index >= 15 is 0 Å². The Bertz CT molecular complexity index is 446. The van der Waals surface area contributed by atoms with Crippen LogP contribution in [0.4, 0.5) is 0 Å². The van der Waals surface area contributed by atoms with Gasteiger partial charge in [-0.1, -0.05) is 13.2 Å². The zero-order valence-corrected chi connectivity index (χ0v) is 10.8. The lowest BCUT2D eigenvalue weighted by Crippen LogP contribution is -2.45. The van der Waals surface area contributed by atoms with Crippen molar-refractivity contribution in [3.05, 3.63) is 24.3 Å². The molecule has 0 amide bonds. The average Bonchev–Trinajstić information content (AvgIpc) is 2.26. The summed E-state index contributed by atoms with van der Waals surface area (Å²) in [6.45, 7) is 11.1. The molecule has 18 heavy (non-hydrogen) atoms. The van der Waals surface area contributed by atoms with Crippen LogP contribution in [0, 0.1) is 0 Å². The summed E-state index contributed by atoms with van der Waals surface area (Å²) in [4.78, 5) is 37.0. The van der Waals surface area contributed by atoms with Crippen LogP contribution in [-0.2, 0) is 14.4 Å². The zero-order valence-electron chi connectivity index (χ0n) is 10.8. The summed E-state index contributed by atoms with van der Waals surface area (Å²) in [5, 5.41) is 9.90. The molecular formula is C13H17NO4. The van der Waals surface area contributed by atoms with Crippen molar-refractivity contribution in [1.82, 2.24) is 0 Å². The minimum absolute atomic E-state index is 0.123. The van der Waals surface area contributed by atoms with Crippen LogP contribution < -0.4 is 0 Å². The van der Waals surface area contributed by atoms with Crippen molar-refractivity contribution in [3.8, 4) is 0 Å². The summed E-state index contributed by atoms with van der Waals surface area (Å²) in [5.74, 6) is -1.05. The molecule has 0 saturated carbocycles. The Morgan fingerprint density at radius 2 is 1.83 bits per heavy atom. The monoisotopic (exact) mass is 251 g/mol. The van der Waals surface area contributed by atoms with Crippen LogP contribution in [0.2, 0.25) is 0 Å². The number of Topliss-reactive ketones (excluding diaryl/α,β-unsaturated/α-hetero) is 2. The van der Waals surface area contributed by atoms with E-state index < -0.39 is 17.4 Å². The standard InChI is InChI=1S/C13H17NO4/c1-8(2)10(16)6-13(5,14-7-15)12(18)11(17)9(3)4/h12,18H,1,3,6H2,2,4-5H3. The Morgan fingerprint density at radius 1 is 1.33 bits per heavy atom. The van der Waals surface area contributed by atoms with E-state index in [1.54, 1.807) is 0 Å². The molecule has 0 aromatic carbocycles. The van der Waals surface area contributed by atoms with Crippen LogP contribution in [0.5, 0.6) is 0 Å². The minimum Gasteiger partial charge on any atom is -0.382 e. The van der Waals surface area contributed by atoms with Crippen molar-refractivity contribution in [2.45, 2.75) is 38.8 Å². The molecule has 0 aliphatic carbocycles. The van der Waals surface area contributed by atoms with Gasteiger partial charge in [0.1, 0.15) is 11.6 Å². The number of aliphatic hydroxyl groups excluding tert-OH is 1. The summed E-state index contributed by atoms with van der Waals surface area (Å²) >= 11 is 0. The molecule has 0 bridgehead atoms. The quantitative estimate of drug-likeness (QED) is 0.417. The van der Waals surface area contributed by atoms with Crippen molar-refractivity contribution in [1.29, 1.82) is 0 Å². The molecule has 0 aliphatic rings. The van der Waals surface area contributed by atoms with Crippen LogP contribution >= 0.6 is 0 Å². The van der Waals surface area contributed by atoms with E-state index in [2.05, 4.69) is 18.2 Å². The molecule has 5 heteroatoms. The van der Waals surface area contributed by atoms with Crippen LogP contribution in [0.1, 0.15) is 27.2 Å². The van der Waals surface area contributed by atoms with Crippen molar-refractivity contribution >= 4 is 17.6 Å². The topological polar surface area (TPSA) is 83.8 Å². The molecule has 0 rings (SSSR count). The third-order valence-electron chi connectivity index (χ3n) is 2.55. The minimum atomic E-state index is -1.61. The van der Waals surface area contributed by atoms with Gasteiger partial charge in [-0.3, -0.25) is 9.59 Å². The van der Waals surface area contributed by atoms with Gasteiger partial charge in [0.2, 0.25) is 6.08 Å². The lowest BCUT2D eigenvalue weighted by Gasteiger charge is -2.27. The molecule has 98 valence electrons. The van der Waals surface area contributed by atoms with E-state index in [0.717, 1.165) is 0 Å². The molecule has 0 aliphatic heterocycles. The number of aliphatic hydroxyl groups is 1. The Kier molecular flexibility index (Phi) is 5.56. The second-order valence-corrected chi connectivity index (χ2v) is 4.49. The normalized spacial score (nSPS) is 14.9. The predicted molar refractivity (Wildman–Crippen MR) is 66.8 cm³/mol. The SMILES string of the molecule is C=C(C)C(=O)CC(C)(N=C=O)C(O)C(=O)C(=C)C. The summed E-state index contributed by atoms with van der Waals surface area (Å²) in [6.07, 6.45) is -0.627. The Labute approximate surface area is 106 Å². The number of hydrogen-bond acceptors (Lipinski definition) is 5. The molecule has 0 spiro atoms. The molecule has 5 nitrogen and oxygen atoms in total. The Hall–Kier alpha value is -1.84. The van der Waals surface area contributed by atoms with Crippen molar-refractivity contribution in [3.63, 3.8) is 0 Å². The number of aliphatic imine (C=N–C) groups is 1. The molecule has 1 N–H and O–H groups in total. The van der Waals surface area contributed by atoms with Gasteiger partial charge in [-0.05, 0) is 31.9 Å². The predicted octanol–water partition coefficient (Wildman–Crippen LogP) is 1.12. The van der Waals surface area contributed by atoms with Crippen LogP contribution in [-0.4, -0.2) is 34.4 Å². The average molecular weight is 251 g/mol. The largest absolute Gasteiger partial charge is 0.382 e. The molecule has 0 saturated heterocycles. The maximum atomic E-state index is 11.6. The van der Waals surface area contributed by atoms with Crippen LogP contribution in [0.3, 0.4) is 0 Å².